The molecule has 1 aliphatic rings. The van der Waals surface area contributed by atoms with Crippen molar-refractivity contribution in [2.75, 3.05) is 19.7 Å². The number of phenols is 1. The fourth-order valence-corrected chi connectivity index (χ4v) is 5.71. The van der Waals surface area contributed by atoms with Gasteiger partial charge < -0.3 is 24.6 Å². The number of halogens is 2. The van der Waals surface area contributed by atoms with Crippen molar-refractivity contribution in [1.82, 2.24) is 14.8 Å². The Morgan fingerprint density at radius 2 is 1.87 bits per heavy atom. The quantitative estimate of drug-likeness (QED) is 0.338. The molecule has 1 fully saturated rings. The minimum Gasteiger partial charge on any atom is -0.506 e. The number of rotatable bonds is 10. The maximum Gasteiger partial charge on any atom is 0.410 e. The van der Waals surface area contributed by atoms with E-state index in [4.69, 9.17) is 4.74 Å². The molecule has 1 heterocycles. The van der Waals surface area contributed by atoms with Gasteiger partial charge in [0.25, 0.3) is 0 Å². The zero-order valence-electron chi connectivity index (χ0n) is 21.4. The minimum atomic E-state index is -2.72. The van der Waals surface area contributed by atoms with Gasteiger partial charge in [0.05, 0.1) is 11.2 Å². The number of aromatic amines is 1. The summed E-state index contributed by atoms with van der Waals surface area (Å²) in [5, 5.41) is 10.1. The molecule has 0 spiro atoms. The Morgan fingerprint density at radius 1 is 1.15 bits per heavy atom. The summed E-state index contributed by atoms with van der Waals surface area (Å²) in [4.78, 5) is 42.8. The van der Waals surface area contributed by atoms with E-state index in [-0.39, 0.29) is 74.5 Å². The van der Waals surface area contributed by atoms with Gasteiger partial charge in [0.1, 0.15) is 17.9 Å². The first kappa shape index (κ1) is 28.3. The number of hydrogen-bond acceptors (Lipinski definition) is 6. The van der Waals surface area contributed by atoms with Crippen LogP contribution in [0, 0.1) is 0 Å². The lowest BCUT2D eigenvalue weighted by Crippen LogP contribution is -2.45. The van der Waals surface area contributed by atoms with E-state index in [1.54, 1.807) is 6.07 Å². The predicted molar refractivity (Wildman–Crippen MR) is 145 cm³/mol. The van der Waals surface area contributed by atoms with Crippen molar-refractivity contribution < 1.29 is 28.2 Å². The fourth-order valence-electron chi connectivity index (χ4n) is 4.81. The van der Waals surface area contributed by atoms with Crippen LogP contribution in [-0.4, -0.2) is 63.6 Å². The molecule has 0 atom stereocenters. The largest absolute Gasteiger partial charge is 0.506 e. The molecule has 208 valence electrons. The van der Waals surface area contributed by atoms with E-state index in [2.05, 4.69) is 11.6 Å². The summed E-state index contributed by atoms with van der Waals surface area (Å²) in [5.74, 6) is -3.12. The van der Waals surface area contributed by atoms with Crippen molar-refractivity contribution in [1.29, 1.82) is 0 Å². The molecule has 1 aromatic heterocycles. The lowest BCUT2D eigenvalue weighted by atomic mass is 9.91. The zero-order chi connectivity index (χ0) is 28.0. The van der Waals surface area contributed by atoms with Gasteiger partial charge in [-0.2, -0.15) is 0 Å². The van der Waals surface area contributed by atoms with Gasteiger partial charge in [-0.25, -0.2) is 13.6 Å². The molecular formula is C28H31F2N3O5S. The number of carbonyl (C=O) groups is 2. The van der Waals surface area contributed by atoms with Crippen LogP contribution in [-0.2, 0) is 22.5 Å². The van der Waals surface area contributed by atoms with Crippen molar-refractivity contribution in [2.45, 2.75) is 50.6 Å². The van der Waals surface area contributed by atoms with E-state index in [1.807, 2.05) is 30.3 Å². The highest BCUT2D eigenvalue weighted by atomic mass is 32.1. The fraction of sp³-hybridized carbons (Fsp3) is 0.393. The molecule has 11 heteroatoms. The highest BCUT2D eigenvalue weighted by Gasteiger charge is 2.37. The molecule has 8 nitrogen and oxygen atoms in total. The van der Waals surface area contributed by atoms with E-state index in [0.29, 0.717) is 16.6 Å². The monoisotopic (exact) mass is 559 g/mol. The second-order valence-electron chi connectivity index (χ2n) is 9.56. The second kappa shape index (κ2) is 12.4. The second-order valence-corrected chi connectivity index (χ2v) is 10.5. The van der Waals surface area contributed by atoms with Crippen LogP contribution in [0.5, 0.6) is 5.75 Å². The molecule has 2 N–H and O–H groups in total. The Labute approximate surface area is 228 Å². The van der Waals surface area contributed by atoms with E-state index >= 15 is 0 Å². The molecule has 1 saturated carbocycles. The smallest absolute Gasteiger partial charge is 0.410 e. The van der Waals surface area contributed by atoms with Gasteiger partial charge in [0, 0.05) is 32.0 Å². The average Bonchev–Trinajstić information content (AvgIpc) is 3.33. The molecule has 0 saturated heterocycles. The Hall–Kier alpha value is -3.73. The first-order chi connectivity index (χ1) is 18.7. The Bertz CT molecular complexity index is 1360. The number of phenolic OH excluding ortho intramolecular Hbond substituents is 1. The maximum atomic E-state index is 13.6. The molecule has 39 heavy (non-hydrogen) atoms. The first-order valence-electron chi connectivity index (χ1n) is 12.8. The summed E-state index contributed by atoms with van der Waals surface area (Å²) in [6.45, 7) is 4.03. The number of ether oxygens (including phenoxy) is 1. The number of nitrogens with zero attached hydrogens (tertiary/aromatic N) is 2. The molecule has 0 radical (unpaired) electrons. The highest BCUT2D eigenvalue weighted by molar-refractivity contribution is 7.16. The van der Waals surface area contributed by atoms with Crippen LogP contribution in [0.1, 0.15) is 36.8 Å². The predicted octanol–water partition coefficient (Wildman–Crippen LogP) is 5.07. The first-order valence-corrected chi connectivity index (χ1v) is 13.6. The molecule has 0 bridgehead atoms. The van der Waals surface area contributed by atoms with Crippen LogP contribution in [0.25, 0.3) is 10.2 Å². The Balaban J connectivity index is 1.42. The van der Waals surface area contributed by atoms with E-state index in [1.165, 1.54) is 15.9 Å². The molecule has 1 aliphatic carbocycles. The summed E-state index contributed by atoms with van der Waals surface area (Å²) in [6, 6.07) is 12.3. The summed E-state index contributed by atoms with van der Waals surface area (Å²) in [5.41, 5.74) is 2.06. The van der Waals surface area contributed by atoms with Gasteiger partial charge in [0.15, 0.2) is 0 Å². The molecule has 0 unspecified atom stereocenters. The number of alkyl halides is 2. The molecule has 3 aromatic rings. The van der Waals surface area contributed by atoms with Crippen LogP contribution < -0.4 is 4.87 Å². The van der Waals surface area contributed by atoms with Gasteiger partial charge in [-0.15, -0.1) is 0 Å². The van der Waals surface area contributed by atoms with Crippen LogP contribution in [0.3, 0.4) is 0 Å². The van der Waals surface area contributed by atoms with Crippen LogP contribution in [0.4, 0.5) is 13.6 Å². The number of thiazole rings is 1. The number of aromatic hydroxyl groups is 1. The third-order valence-electron chi connectivity index (χ3n) is 6.91. The summed E-state index contributed by atoms with van der Waals surface area (Å²) < 4.78 is 33.4. The van der Waals surface area contributed by atoms with Crippen molar-refractivity contribution in [3.8, 4) is 5.75 Å². The molecular weight excluding hydrogens is 528 g/mol. The normalized spacial score (nSPS) is 15.1. The van der Waals surface area contributed by atoms with Crippen LogP contribution in [0.15, 0.2) is 59.9 Å². The number of H-pyrrole nitrogens is 1. The maximum absolute atomic E-state index is 13.6. The number of aromatic nitrogens is 1. The number of carbonyl (C=O) groups excluding carboxylic acids is 2. The van der Waals surface area contributed by atoms with Crippen LogP contribution >= 0.6 is 11.3 Å². The average molecular weight is 560 g/mol. The molecule has 4 rings (SSSR count). The Kier molecular flexibility index (Phi) is 9.01. The van der Waals surface area contributed by atoms with Crippen molar-refractivity contribution in [3.05, 3.63) is 75.9 Å². The number of hydrogen-bond donors (Lipinski definition) is 2. The van der Waals surface area contributed by atoms with Gasteiger partial charge in [-0.05, 0) is 42.5 Å². The van der Waals surface area contributed by atoms with Crippen molar-refractivity contribution >= 4 is 33.6 Å². The van der Waals surface area contributed by atoms with Crippen molar-refractivity contribution in [2.24, 2.45) is 0 Å². The number of benzene rings is 2. The number of nitrogens with one attached hydrogen (secondary N) is 1. The molecule has 2 amide bonds. The van der Waals surface area contributed by atoms with E-state index in [0.717, 1.165) is 28.5 Å². The van der Waals surface area contributed by atoms with Gasteiger partial charge in [-0.3, -0.25) is 9.59 Å². The highest BCUT2D eigenvalue weighted by Crippen LogP contribution is 2.35. The van der Waals surface area contributed by atoms with E-state index < -0.39 is 12.0 Å². The number of fused-ring (bicyclic) bond motifs is 1. The third kappa shape index (κ3) is 7.23. The minimum absolute atomic E-state index is 0.0204. The topological polar surface area (TPSA) is 103 Å². The molecule has 2 aromatic carbocycles. The standard InChI is InChI=1S/C28H31F2N3O5S/c1-2-23(35)33(21-10-13-28(29,30)14-11-21)16-17-38-27(37)32(18-19-6-4-3-5-7-19)15-12-20-8-9-22(34)24-25(20)39-26(36)31-24/h2-9,21,34H,1,10-18H2,(H,31,36). The van der Waals surface area contributed by atoms with Gasteiger partial charge in [-0.1, -0.05) is 54.3 Å². The van der Waals surface area contributed by atoms with Gasteiger partial charge >= 0.3 is 11.0 Å². The van der Waals surface area contributed by atoms with Gasteiger partial charge in [0.2, 0.25) is 11.8 Å². The molecule has 0 aliphatic heterocycles. The zero-order valence-corrected chi connectivity index (χ0v) is 22.2. The summed E-state index contributed by atoms with van der Waals surface area (Å²) >= 11 is 0.994. The third-order valence-corrected chi connectivity index (χ3v) is 7.87. The Morgan fingerprint density at radius 3 is 2.56 bits per heavy atom. The SMILES string of the molecule is C=CC(=O)N(CCOC(=O)N(CCc1ccc(O)c2[nH]c(=O)sc12)Cc1ccccc1)C1CCC(F)(F)CC1. The van der Waals surface area contributed by atoms with Crippen LogP contribution in [0.2, 0.25) is 0 Å². The van der Waals surface area contributed by atoms with Crippen molar-refractivity contribution in [3.63, 3.8) is 0 Å². The lowest BCUT2D eigenvalue weighted by molar-refractivity contribution is -0.132. The lowest BCUT2D eigenvalue weighted by Gasteiger charge is -2.36. The summed E-state index contributed by atoms with van der Waals surface area (Å²) in [7, 11) is 0. The number of amides is 2. The van der Waals surface area contributed by atoms with E-state index in [9.17, 15) is 28.3 Å². The summed E-state index contributed by atoms with van der Waals surface area (Å²) in [6.07, 6.45) is 0.735.